The van der Waals surface area contributed by atoms with Gasteiger partial charge in [0.05, 0.1) is 5.60 Å². The molecule has 0 aliphatic heterocycles. The molecule has 0 aliphatic carbocycles. The average molecular weight is 280 g/mol. The summed E-state index contributed by atoms with van der Waals surface area (Å²) in [6.07, 6.45) is -2.11. The molecule has 1 atom stereocenters. The first-order chi connectivity index (χ1) is 8.18. The number of hydrogen-bond acceptors (Lipinski definition) is 2. The molecule has 0 aromatic carbocycles. The molecule has 18 heavy (non-hydrogen) atoms. The second-order valence-corrected chi connectivity index (χ2v) is 4.49. The number of aromatic nitrogens is 1. The summed E-state index contributed by atoms with van der Waals surface area (Å²) in [5.74, 6) is 0. The molecule has 0 radical (unpaired) electrons. The zero-order chi connectivity index (χ0) is 14.0. The van der Waals surface area contributed by atoms with Crippen LogP contribution in [0.15, 0.2) is 24.8 Å². The predicted octanol–water partition coefficient (Wildman–Crippen LogP) is 3.93. The molecule has 1 rings (SSSR count). The van der Waals surface area contributed by atoms with E-state index in [9.17, 15) is 18.3 Å². The summed E-state index contributed by atoms with van der Waals surface area (Å²) in [5, 5.41) is 9.80. The summed E-state index contributed by atoms with van der Waals surface area (Å²) < 4.78 is 37.2. The number of aliphatic hydroxyl groups is 1. The molecule has 100 valence electrons. The molecule has 1 heterocycles. The maximum absolute atomic E-state index is 12.4. The van der Waals surface area contributed by atoms with Gasteiger partial charge >= 0.3 is 6.18 Å². The smallest absolute Gasteiger partial charge is 0.385 e. The van der Waals surface area contributed by atoms with Crippen LogP contribution in [0.5, 0.6) is 0 Å². The molecule has 1 unspecified atom stereocenters. The Morgan fingerprint density at radius 3 is 2.50 bits per heavy atom. The third-order valence-corrected chi connectivity index (χ3v) is 2.84. The zero-order valence-electron chi connectivity index (χ0n) is 9.76. The van der Waals surface area contributed by atoms with Gasteiger partial charge in [0.1, 0.15) is 10.8 Å². The molecular formula is C12H13ClF3NO. The number of pyridine rings is 1. The molecule has 0 fully saturated rings. The summed E-state index contributed by atoms with van der Waals surface area (Å²) in [5.41, 5.74) is -2.22. The normalized spacial score (nSPS) is 15.2. The number of rotatable bonds is 4. The summed E-state index contributed by atoms with van der Waals surface area (Å²) in [7, 11) is 0. The van der Waals surface area contributed by atoms with Crippen LogP contribution in [-0.2, 0) is 11.8 Å². The third-order valence-electron chi connectivity index (χ3n) is 2.55. The Labute approximate surface area is 108 Å². The largest absolute Gasteiger partial charge is 0.433 e. The molecular weight excluding hydrogens is 267 g/mol. The van der Waals surface area contributed by atoms with E-state index in [-0.39, 0.29) is 10.7 Å². The number of halogens is 4. The van der Waals surface area contributed by atoms with Crippen molar-refractivity contribution in [1.29, 1.82) is 0 Å². The molecule has 1 aromatic heterocycles. The van der Waals surface area contributed by atoms with Crippen molar-refractivity contribution in [1.82, 2.24) is 4.98 Å². The number of alkyl halides is 3. The summed E-state index contributed by atoms with van der Waals surface area (Å²) >= 11 is 5.70. The Kier molecular flexibility index (Phi) is 4.40. The van der Waals surface area contributed by atoms with Crippen LogP contribution >= 0.6 is 11.6 Å². The SMILES string of the molecule is C=CCCC(C)(O)c1ccc(C(F)(F)F)nc1Cl. The molecule has 0 saturated heterocycles. The van der Waals surface area contributed by atoms with Crippen LogP contribution in [0.25, 0.3) is 0 Å². The molecule has 1 N–H and O–H groups in total. The highest BCUT2D eigenvalue weighted by molar-refractivity contribution is 6.30. The molecule has 0 amide bonds. The fraction of sp³-hybridized carbons (Fsp3) is 0.417. The van der Waals surface area contributed by atoms with Crippen LogP contribution < -0.4 is 0 Å². The van der Waals surface area contributed by atoms with Crippen LogP contribution in [0.2, 0.25) is 5.15 Å². The molecule has 6 heteroatoms. The topological polar surface area (TPSA) is 33.1 Å². The van der Waals surface area contributed by atoms with E-state index in [1.807, 2.05) is 0 Å². The minimum absolute atomic E-state index is 0.180. The van der Waals surface area contributed by atoms with Crippen molar-refractivity contribution in [2.24, 2.45) is 0 Å². The summed E-state index contributed by atoms with van der Waals surface area (Å²) in [6.45, 7) is 5.00. The maximum Gasteiger partial charge on any atom is 0.433 e. The molecule has 2 nitrogen and oxygen atoms in total. The lowest BCUT2D eigenvalue weighted by atomic mass is 9.92. The van der Waals surface area contributed by atoms with E-state index in [1.54, 1.807) is 6.08 Å². The van der Waals surface area contributed by atoms with Crippen molar-refractivity contribution in [3.63, 3.8) is 0 Å². The maximum atomic E-state index is 12.4. The Morgan fingerprint density at radius 1 is 1.44 bits per heavy atom. The standard InChI is InChI=1S/C12H13ClF3NO/c1-3-4-7-11(2,18)8-5-6-9(12(14,15)16)17-10(8)13/h3,5-6,18H,1,4,7H2,2H3. The number of allylic oxidation sites excluding steroid dienone is 1. The van der Waals surface area contributed by atoms with Crippen molar-refractivity contribution in [3.05, 3.63) is 41.2 Å². The van der Waals surface area contributed by atoms with Crippen LogP contribution in [0, 0.1) is 0 Å². The van der Waals surface area contributed by atoms with Crippen molar-refractivity contribution in [2.75, 3.05) is 0 Å². The molecule has 0 spiro atoms. The van der Waals surface area contributed by atoms with Crippen molar-refractivity contribution in [3.8, 4) is 0 Å². The highest BCUT2D eigenvalue weighted by atomic mass is 35.5. The zero-order valence-corrected chi connectivity index (χ0v) is 10.5. The van der Waals surface area contributed by atoms with E-state index < -0.39 is 17.5 Å². The van der Waals surface area contributed by atoms with Crippen LogP contribution in [0.4, 0.5) is 13.2 Å². The van der Waals surface area contributed by atoms with Gasteiger partial charge < -0.3 is 5.11 Å². The first-order valence-corrected chi connectivity index (χ1v) is 5.64. The lowest BCUT2D eigenvalue weighted by Crippen LogP contribution is -2.22. The van der Waals surface area contributed by atoms with Crippen molar-refractivity contribution >= 4 is 11.6 Å². The fourth-order valence-corrected chi connectivity index (χ4v) is 1.87. The highest BCUT2D eigenvalue weighted by Gasteiger charge is 2.34. The highest BCUT2D eigenvalue weighted by Crippen LogP contribution is 2.34. The van der Waals surface area contributed by atoms with Gasteiger partial charge in [0, 0.05) is 5.56 Å². The molecule has 0 saturated carbocycles. The Hall–Kier alpha value is -1.07. The van der Waals surface area contributed by atoms with E-state index in [0.29, 0.717) is 12.8 Å². The first-order valence-electron chi connectivity index (χ1n) is 5.26. The summed E-state index contributed by atoms with van der Waals surface area (Å²) in [4.78, 5) is 3.27. The van der Waals surface area contributed by atoms with Crippen LogP contribution in [0.1, 0.15) is 31.0 Å². The van der Waals surface area contributed by atoms with Gasteiger partial charge in [0.15, 0.2) is 0 Å². The minimum Gasteiger partial charge on any atom is -0.385 e. The van der Waals surface area contributed by atoms with Gasteiger partial charge in [-0.1, -0.05) is 23.7 Å². The van der Waals surface area contributed by atoms with Gasteiger partial charge in [0.25, 0.3) is 0 Å². The van der Waals surface area contributed by atoms with E-state index in [1.165, 1.54) is 6.92 Å². The lowest BCUT2D eigenvalue weighted by Gasteiger charge is -2.24. The van der Waals surface area contributed by atoms with E-state index in [2.05, 4.69) is 11.6 Å². The van der Waals surface area contributed by atoms with Crippen LogP contribution in [-0.4, -0.2) is 10.1 Å². The van der Waals surface area contributed by atoms with Gasteiger partial charge in [-0.25, -0.2) is 4.98 Å². The Balaban J connectivity index is 3.09. The monoisotopic (exact) mass is 279 g/mol. The Morgan fingerprint density at radius 2 is 2.06 bits per heavy atom. The first kappa shape index (κ1) is 15.0. The Bertz CT molecular complexity index is 443. The second-order valence-electron chi connectivity index (χ2n) is 4.13. The minimum atomic E-state index is -4.55. The average Bonchev–Trinajstić information content (AvgIpc) is 2.24. The van der Waals surface area contributed by atoms with Gasteiger partial charge in [-0.3, -0.25) is 0 Å². The predicted molar refractivity (Wildman–Crippen MR) is 63.3 cm³/mol. The van der Waals surface area contributed by atoms with Crippen molar-refractivity contribution < 1.29 is 18.3 Å². The summed E-state index contributed by atoms with van der Waals surface area (Å²) in [6, 6.07) is 1.96. The molecule has 1 aromatic rings. The quantitative estimate of drug-likeness (QED) is 0.669. The van der Waals surface area contributed by atoms with Gasteiger partial charge in [-0.05, 0) is 25.8 Å². The van der Waals surface area contributed by atoms with Crippen molar-refractivity contribution in [2.45, 2.75) is 31.5 Å². The van der Waals surface area contributed by atoms with E-state index in [0.717, 1.165) is 12.1 Å². The third kappa shape index (κ3) is 3.46. The lowest BCUT2D eigenvalue weighted by molar-refractivity contribution is -0.141. The fourth-order valence-electron chi connectivity index (χ4n) is 1.51. The van der Waals surface area contributed by atoms with E-state index in [4.69, 9.17) is 11.6 Å². The molecule has 0 aliphatic rings. The van der Waals surface area contributed by atoms with Crippen LogP contribution in [0.3, 0.4) is 0 Å². The van der Waals surface area contributed by atoms with Gasteiger partial charge in [-0.2, -0.15) is 13.2 Å². The number of hydrogen-bond donors (Lipinski definition) is 1. The van der Waals surface area contributed by atoms with E-state index >= 15 is 0 Å². The van der Waals surface area contributed by atoms with Gasteiger partial charge in [0.2, 0.25) is 0 Å². The second kappa shape index (κ2) is 5.28. The molecule has 0 bridgehead atoms. The number of nitrogens with zero attached hydrogens (tertiary/aromatic N) is 1. The van der Waals surface area contributed by atoms with Gasteiger partial charge in [-0.15, -0.1) is 6.58 Å².